The summed E-state index contributed by atoms with van der Waals surface area (Å²) in [6, 6.07) is 11.7. The van der Waals surface area contributed by atoms with Gasteiger partial charge in [-0.05, 0) is 47.7 Å². The van der Waals surface area contributed by atoms with Crippen LogP contribution < -0.4 is 9.46 Å². The summed E-state index contributed by atoms with van der Waals surface area (Å²) in [5.41, 5.74) is 1.75. The molecule has 0 bridgehead atoms. The first-order valence-corrected chi connectivity index (χ1v) is 13.3. The quantitative estimate of drug-likeness (QED) is 0.546. The summed E-state index contributed by atoms with van der Waals surface area (Å²) in [6.45, 7) is 8.58. The van der Waals surface area contributed by atoms with E-state index in [1.54, 1.807) is 50.2 Å². The number of nitrogens with zero attached hydrogens (tertiary/aromatic N) is 1. The number of benzene rings is 2. The first-order valence-electron chi connectivity index (χ1n) is 10.3. The van der Waals surface area contributed by atoms with Gasteiger partial charge in [0.2, 0.25) is 20.0 Å². The van der Waals surface area contributed by atoms with E-state index < -0.39 is 20.0 Å². The SMILES string of the molecule is CCN(CC)S(=O)(=O)c1ccc(CCNS(=O)(=O)c2cc(C(C)C)ccc2OC)cc1. The fourth-order valence-electron chi connectivity index (χ4n) is 3.21. The van der Waals surface area contributed by atoms with Crippen molar-refractivity contribution < 1.29 is 21.6 Å². The molecule has 0 fully saturated rings. The molecule has 0 heterocycles. The van der Waals surface area contributed by atoms with Crippen LogP contribution in [0.25, 0.3) is 0 Å². The Morgan fingerprint density at radius 1 is 0.968 bits per heavy atom. The highest BCUT2D eigenvalue weighted by molar-refractivity contribution is 7.89. The van der Waals surface area contributed by atoms with E-state index in [-0.39, 0.29) is 22.3 Å². The lowest BCUT2D eigenvalue weighted by atomic mass is 10.0. The maximum Gasteiger partial charge on any atom is 0.244 e. The number of sulfonamides is 2. The second-order valence-corrected chi connectivity index (χ2v) is 11.1. The maximum absolute atomic E-state index is 12.8. The van der Waals surface area contributed by atoms with Crippen molar-refractivity contribution in [2.24, 2.45) is 0 Å². The van der Waals surface area contributed by atoms with E-state index in [0.717, 1.165) is 11.1 Å². The van der Waals surface area contributed by atoms with Crippen LogP contribution in [0.4, 0.5) is 0 Å². The van der Waals surface area contributed by atoms with Crippen LogP contribution in [0.3, 0.4) is 0 Å². The minimum Gasteiger partial charge on any atom is -0.495 e. The number of hydrogen-bond donors (Lipinski definition) is 1. The molecule has 0 spiro atoms. The van der Waals surface area contributed by atoms with Crippen molar-refractivity contribution in [3.05, 3.63) is 53.6 Å². The van der Waals surface area contributed by atoms with Crippen LogP contribution in [-0.4, -0.2) is 47.9 Å². The summed E-state index contributed by atoms with van der Waals surface area (Å²) in [4.78, 5) is 0.345. The molecule has 31 heavy (non-hydrogen) atoms. The Labute approximate surface area is 186 Å². The molecule has 0 aliphatic rings. The summed E-state index contributed by atoms with van der Waals surface area (Å²) < 4.78 is 60.0. The first kappa shape index (κ1) is 25.3. The van der Waals surface area contributed by atoms with Crippen LogP contribution in [0.15, 0.2) is 52.3 Å². The predicted molar refractivity (Wildman–Crippen MR) is 123 cm³/mol. The lowest BCUT2D eigenvalue weighted by molar-refractivity contribution is 0.402. The zero-order chi connectivity index (χ0) is 23.2. The maximum atomic E-state index is 12.8. The second kappa shape index (κ2) is 10.6. The number of rotatable bonds is 11. The second-order valence-electron chi connectivity index (χ2n) is 7.45. The van der Waals surface area contributed by atoms with E-state index in [4.69, 9.17) is 4.74 Å². The smallest absolute Gasteiger partial charge is 0.244 e. The third-order valence-electron chi connectivity index (χ3n) is 5.12. The molecule has 172 valence electrons. The van der Waals surface area contributed by atoms with Gasteiger partial charge in [-0.3, -0.25) is 0 Å². The van der Waals surface area contributed by atoms with Crippen molar-refractivity contribution in [1.29, 1.82) is 0 Å². The van der Waals surface area contributed by atoms with Gasteiger partial charge in [-0.2, -0.15) is 4.31 Å². The van der Waals surface area contributed by atoms with E-state index >= 15 is 0 Å². The minimum absolute atomic E-state index is 0.113. The van der Waals surface area contributed by atoms with Crippen LogP contribution in [-0.2, 0) is 26.5 Å². The Balaban J connectivity index is 2.11. The van der Waals surface area contributed by atoms with Crippen LogP contribution >= 0.6 is 0 Å². The largest absolute Gasteiger partial charge is 0.495 e. The monoisotopic (exact) mass is 468 g/mol. The molecule has 0 aliphatic heterocycles. The van der Waals surface area contributed by atoms with E-state index in [9.17, 15) is 16.8 Å². The highest BCUT2D eigenvalue weighted by atomic mass is 32.2. The highest BCUT2D eigenvalue weighted by Gasteiger charge is 2.22. The van der Waals surface area contributed by atoms with Gasteiger partial charge in [-0.1, -0.05) is 45.9 Å². The summed E-state index contributed by atoms with van der Waals surface area (Å²) in [5, 5.41) is 0. The standard InChI is InChI=1S/C22H32N2O5S2/c1-6-24(7-2)31(27,28)20-11-8-18(9-12-20)14-15-23-30(25,26)22-16-19(17(3)4)10-13-21(22)29-5/h8-13,16-17,23H,6-7,14-15H2,1-5H3. The Hall–Kier alpha value is -1.94. The Kier molecular flexibility index (Phi) is 8.65. The van der Waals surface area contributed by atoms with Gasteiger partial charge in [0.1, 0.15) is 10.6 Å². The summed E-state index contributed by atoms with van der Waals surface area (Å²) in [5.74, 6) is 0.480. The number of nitrogens with one attached hydrogen (secondary N) is 1. The van der Waals surface area contributed by atoms with Gasteiger partial charge in [0.15, 0.2) is 0 Å². The van der Waals surface area contributed by atoms with Gasteiger partial charge in [0.05, 0.1) is 12.0 Å². The molecule has 0 amide bonds. The average Bonchev–Trinajstić information content (AvgIpc) is 2.74. The molecule has 0 unspecified atom stereocenters. The van der Waals surface area contributed by atoms with Crippen molar-refractivity contribution >= 4 is 20.0 Å². The van der Waals surface area contributed by atoms with Crippen molar-refractivity contribution in [1.82, 2.24) is 9.03 Å². The first-order chi connectivity index (χ1) is 14.6. The molecular formula is C22H32N2O5S2. The molecule has 2 aromatic rings. The third kappa shape index (κ3) is 6.06. The molecule has 9 heteroatoms. The van der Waals surface area contributed by atoms with Crippen LogP contribution in [0.5, 0.6) is 5.75 Å². The van der Waals surface area contributed by atoms with Crippen molar-refractivity contribution in [2.45, 2.75) is 49.8 Å². The normalized spacial score (nSPS) is 12.5. The molecule has 7 nitrogen and oxygen atoms in total. The number of methoxy groups -OCH3 is 1. The molecular weight excluding hydrogens is 436 g/mol. The minimum atomic E-state index is -3.76. The fourth-order valence-corrected chi connectivity index (χ4v) is 5.90. The molecule has 0 aliphatic carbocycles. The lowest BCUT2D eigenvalue weighted by Gasteiger charge is -2.18. The Morgan fingerprint density at radius 3 is 2.10 bits per heavy atom. The van der Waals surface area contributed by atoms with Crippen molar-refractivity contribution in [3.63, 3.8) is 0 Å². The molecule has 0 saturated carbocycles. The molecule has 1 N–H and O–H groups in total. The van der Waals surface area contributed by atoms with E-state index in [0.29, 0.717) is 25.3 Å². The van der Waals surface area contributed by atoms with Crippen LogP contribution in [0, 0.1) is 0 Å². The summed E-state index contributed by atoms with van der Waals surface area (Å²) >= 11 is 0. The molecule has 2 aromatic carbocycles. The van der Waals surface area contributed by atoms with E-state index in [1.807, 2.05) is 19.9 Å². The number of hydrogen-bond acceptors (Lipinski definition) is 5. The van der Waals surface area contributed by atoms with Gasteiger partial charge < -0.3 is 4.74 Å². The molecule has 0 atom stereocenters. The summed E-state index contributed by atoms with van der Waals surface area (Å²) in [7, 11) is -5.82. The topological polar surface area (TPSA) is 92.8 Å². The lowest BCUT2D eigenvalue weighted by Crippen LogP contribution is -2.30. The molecule has 0 aromatic heterocycles. The van der Waals surface area contributed by atoms with E-state index in [2.05, 4.69) is 4.72 Å². The zero-order valence-electron chi connectivity index (χ0n) is 18.8. The van der Waals surface area contributed by atoms with Crippen LogP contribution in [0.1, 0.15) is 44.7 Å². The molecule has 0 radical (unpaired) electrons. The van der Waals surface area contributed by atoms with Gasteiger partial charge in [0, 0.05) is 19.6 Å². The van der Waals surface area contributed by atoms with Crippen LogP contribution in [0.2, 0.25) is 0 Å². The van der Waals surface area contributed by atoms with Crippen molar-refractivity contribution in [2.75, 3.05) is 26.7 Å². The average molecular weight is 469 g/mol. The highest BCUT2D eigenvalue weighted by Crippen LogP contribution is 2.28. The predicted octanol–water partition coefficient (Wildman–Crippen LogP) is 3.37. The molecule has 0 saturated heterocycles. The van der Waals surface area contributed by atoms with Crippen molar-refractivity contribution in [3.8, 4) is 5.75 Å². The van der Waals surface area contributed by atoms with E-state index in [1.165, 1.54) is 11.4 Å². The van der Waals surface area contributed by atoms with Gasteiger partial charge in [0.25, 0.3) is 0 Å². The van der Waals surface area contributed by atoms with Gasteiger partial charge in [-0.25, -0.2) is 21.6 Å². The summed E-state index contributed by atoms with van der Waals surface area (Å²) in [6.07, 6.45) is 0.428. The Bertz CT molecular complexity index is 1080. The third-order valence-corrected chi connectivity index (χ3v) is 8.66. The Morgan fingerprint density at radius 2 is 1.58 bits per heavy atom. The van der Waals surface area contributed by atoms with Gasteiger partial charge >= 0.3 is 0 Å². The molecule has 2 rings (SSSR count). The fraction of sp³-hybridized carbons (Fsp3) is 0.455. The number of ether oxygens (including phenoxy) is 1. The van der Waals surface area contributed by atoms with Gasteiger partial charge in [-0.15, -0.1) is 0 Å². The zero-order valence-corrected chi connectivity index (χ0v) is 20.4.